The van der Waals surface area contributed by atoms with Gasteiger partial charge in [0.25, 0.3) is 5.69 Å². The Labute approximate surface area is 101 Å². The smallest absolute Gasteiger partial charge is 0.269 e. The molecule has 1 aromatic carbocycles. The molecule has 1 N–H and O–H groups in total. The van der Waals surface area contributed by atoms with E-state index in [4.69, 9.17) is 4.74 Å². The number of non-ortho nitro benzene ring substituents is 1. The Morgan fingerprint density at radius 1 is 1.53 bits per heavy atom. The molecule has 17 heavy (non-hydrogen) atoms. The highest BCUT2D eigenvalue weighted by molar-refractivity contribution is 5.34. The maximum atomic E-state index is 10.6. The van der Waals surface area contributed by atoms with E-state index in [1.165, 1.54) is 6.07 Å². The van der Waals surface area contributed by atoms with Gasteiger partial charge in [0.1, 0.15) is 0 Å². The van der Waals surface area contributed by atoms with Crippen LogP contribution in [0.4, 0.5) is 5.69 Å². The topological polar surface area (TPSA) is 64.4 Å². The minimum Gasteiger partial charge on any atom is -0.383 e. The van der Waals surface area contributed by atoms with E-state index in [-0.39, 0.29) is 16.7 Å². The van der Waals surface area contributed by atoms with E-state index < -0.39 is 0 Å². The predicted octanol–water partition coefficient (Wildman–Crippen LogP) is 1.76. The lowest BCUT2D eigenvalue weighted by Gasteiger charge is -2.14. The molecule has 0 heterocycles. The van der Waals surface area contributed by atoms with Crippen molar-refractivity contribution in [1.29, 1.82) is 0 Å². The Morgan fingerprint density at radius 2 is 2.29 bits per heavy atom. The minimum atomic E-state index is -0.367. The van der Waals surface area contributed by atoms with E-state index in [0.717, 1.165) is 18.4 Å². The van der Waals surface area contributed by atoms with Gasteiger partial charge in [0.05, 0.1) is 11.5 Å². The van der Waals surface area contributed by atoms with Gasteiger partial charge in [0, 0.05) is 25.3 Å². The van der Waals surface area contributed by atoms with Crippen LogP contribution in [0.3, 0.4) is 0 Å². The lowest BCUT2D eigenvalue weighted by molar-refractivity contribution is -0.384. The molecule has 0 spiro atoms. The molecule has 0 radical (unpaired) electrons. The zero-order chi connectivity index (χ0) is 12.7. The monoisotopic (exact) mass is 238 g/mol. The fourth-order valence-electron chi connectivity index (χ4n) is 1.68. The predicted molar refractivity (Wildman–Crippen MR) is 66.1 cm³/mol. The summed E-state index contributed by atoms with van der Waals surface area (Å²) in [5, 5.41) is 13.8. The van der Waals surface area contributed by atoms with Gasteiger partial charge in [0.15, 0.2) is 0 Å². The lowest BCUT2D eigenvalue weighted by Crippen LogP contribution is -2.30. The fourth-order valence-corrected chi connectivity index (χ4v) is 1.68. The average Bonchev–Trinajstić information content (AvgIpc) is 2.34. The number of benzene rings is 1. The maximum absolute atomic E-state index is 10.6. The molecule has 0 bridgehead atoms. The second-order valence-corrected chi connectivity index (χ2v) is 3.91. The molecular formula is C12H18N2O3. The molecule has 0 aliphatic rings. The molecule has 0 saturated heterocycles. The number of rotatable bonds is 7. The highest BCUT2D eigenvalue weighted by Crippen LogP contribution is 2.14. The quantitative estimate of drug-likeness (QED) is 0.580. The van der Waals surface area contributed by atoms with Crippen LogP contribution in [-0.2, 0) is 11.2 Å². The van der Waals surface area contributed by atoms with Gasteiger partial charge in [-0.1, -0.05) is 12.1 Å². The summed E-state index contributed by atoms with van der Waals surface area (Å²) in [6.07, 6.45) is 1.70. The number of methoxy groups -OCH3 is 1. The van der Waals surface area contributed by atoms with Crippen molar-refractivity contribution >= 4 is 5.69 Å². The lowest BCUT2D eigenvalue weighted by atomic mass is 10.1. The molecule has 0 aliphatic carbocycles. The van der Waals surface area contributed by atoms with Crippen LogP contribution in [0.2, 0.25) is 0 Å². The highest BCUT2D eigenvalue weighted by Gasteiger charge is 2.08. The number of nitro groups is 1. The minimum absolute atomic E-state index is 0.148. The van der Waals surface area contributed by atoms with Gasteiger partial charge in [-0.25, -0.2) is 0 Å². The van der Waals surface area contributed by atoms with E-state index in [1.807, 2.05) is 13.1 Å². The zero-order valence-electron chi connectivity index (χ0n) is 10.2. The number of nitrogens with one attached hydrogen (secondary N) is 1. The summed E-state index contributed by atoms with van der Waals surface area (Å²) in [5.74, 6) is 0. The first-order valence-corrected chi connectivity index (χ1v) is 5.57. The second-order valence-electron chi connectivity index (χ2n) is 3.91. The SMILES string of the molecule is CNC(CCc1cccc([N+](=O)[O-])c1)COC. The van der Waals surface area contributed by atoms with Gasteiger partial charge in [-0.2, -0.15) is 0 Å². The summed E-state index contributed by atoms with van der Waals surface area (Å²) in [4.78, 5) is 10.3. The standard InChI is InChI=1S/C12H18N2O3/c1-13-11(9-17-2)7-6-10-4-3-5-12(8-10)14(15)16/h3-5,8,11,13H,6-7,9H2,1-2H3. The van der Waals surface area contributed by atoms with Crippen LogP contribution in [0, 0.1) is 10.1 Å². The van der Waals surface area contributed by atoms with Crippen LogP contribution in [0.1, 0.15) is 12.0 Å². The molecule has 1 rings (SSSR count). The molecule has 5 heteroatoms. The summed E-state index contributed by atoms with van der Waals surface area (Å²) < 4.78 is 5.07. The van der Waals surface area contributed by atoms with Crippen molar-refractivity contribution < 1.29 is 9.66 Å². The van der Waals surface area contributed by atoms with Gasteiger partial charge in [-0.15, -0.1) is 0 Å². The highest BCUT2D eigenvalue weighted by atomic mass is 16.6. The third-order valence-corrected chi connectivity index (χ3v) is 2.68. The third kappa shape index (κ3) is 4.50. The van der Waals surface area contributed by atoms with Crippen LogP contribution in [-0.4, -0.2) is 31.7 Å². The van der Waals surface area contributed by atoms with Crippen LogP contribution in [0.25, 0.3) is 0 Å². The van der Waals surface area contributed by atoms with Crippen LogP contribution in [0.15, 0.2) is 24.3 Å². The number of hydrogen-bond acceptors (Lipinski definition) is 4. The van der Waals surface area contributed by atoms with Crippen molar-refractivity contribution in [3.05, 3.63) is 39.9 Å². The normalized spacial score (nSPS) is 12.4. The van der Waals surface area contributed by atoms with E-state index in [2.05, 4.69) is 5.32 Å². The van der Waals surface area contributed by atoms with E-state index in [0.29, 0.717) is 6.61 Å². The van der Waals surface area contributed by atoms with Crippen LogP contribution in [0.5, 0.6) is 0 Å². The Hall–Kier alpha value is -1.46. The van der Waals surface area contributed by atoms with Crippen LogP contribution >= 0.6 is 0 Å². The molecular weight excluding hydrogens is 220 g/mol. The third-order valence-electron chi connectivity index (χ3n) is 2.68. The van der Waals surface area contributed by atoms with Crippen molar-refractivity contribution in [1.82, 2.24) is 5.32 Å². The van der Waals surface area contributed by atoms with E-state index in [1.54, 1.807) is 19.2 Å². The first kappa shape index (κ1) is 13.6. The summed E-state index contributed by atoms with van der Waals surface area (Å²) in [6, 6.07) is 7.04. The first-order chi connectivity index (χ1) is 8.17. The Balaban J connectivity index is 2.56. The van der Waals surface area contributed by atoms with Crippen molar-refractivity contribution in [2.45, 2.75) is 18.9 Å². The largest absolute Gasteiger partial charge is 0.383 e. The number of aryl methyl sites for hydroxylation is 1. The molecule has 0 fully saturated rings. The van der Waals surface area contributed by atoms with Crippen molar-refractivity contribution in [2.24, 2.45) is 0 Å². The zero-order valence-corrected chi connectivity index (χ0v) is 10.2. The Bertz CT molecular complexity index is 369. The molecule has 1 unspecified atom stereocenters. The van der Waals surface area contributed by atoms with Gasteiger partial charge in [0.2, 0.25) is 0 Å². The molecule has 94 valence electrons. The summed E-state index contributed by atoms with van der Waals surface area (Å²) in [7, 11) is 3.55. The number of ether oxygens (including phenoxy) is 1. The number of nitro benzene ring substituents is 1. The summed E-state index contributed by atoms with van der Waals surface area (Å²) >= 11 is 0. The number of likely N-dealkylation sites (N-methyl/N-ethyl adjacent to an activating group) is 1. The van der Waals surface area contributed by atoms with E-state index in [9.17, 15) is 10.1 Å². The van der Waals surface area contributed by atoms with E-state index >= 15 is 0 Å². The number of hydrogen-bond donors (Lipinski definition) is 1. The van der Waals surface area contributed by atoms with Gasteiger partial charge in [-0.3, -0.25) is 10.1 Å². The average molecular weight is 238 g/mol. The summed E-state index contributed by atoms with van der Waals surface area (Å²) in [5.41, 5.74) is 1.13. The fraction of sp³-hybridized carbons (Fsp3) is 0.500. The molecule has 1 atom stereocenters. The molecule has 5 nitrogen and oxygen atoms in total. The second kappa shape index (κ2) is 6.98. The molecule has 0 saturated carbocycles. The van der Waals surface area contributed by atoms with Crippen LogP contribution < -0.4 is 5.32 Å². The summed E-state index contributed by atoms with van der Waals surface area (Å²) in [6.45, 7) is 0.644. The molecule has 0 aliphatic heterocycles. The number of nitrogens with zero attached hydrogens (tertiary/aromatic N) is 1. The van der Waals surface area contributed by atoms with Gasteiger partial charge >= 0.3 is 0 Å². The first-order valence-electron chi connectivity index (χ1n) is 5.57. The molecule has 0 aromatic heterocycles. The van der Waals surface area contributed by atoms with Gasteiger partial charge < -0.3 is 10.1 Å². The Kier molecular flexibility index (Phi) is 5.59. The van der Waals surface area contributed by atoms with Crippen molar-refractivity contribution in [3.8, 4) is 0 Å². The molecule has 1 aromatic rings. The Morgan fingerprint density at radius 3 is 2.88 bits per heavy atom. The van der Waals surface area contributed by atoms with Crippen molar-refractivity contribution in [2.75, 3.05) is 20.8 Å². The van der Waals surface area contributed by atoms with Crippen molar-refractivity contribution in [3.63, 3.8) is 0 Å². The van der Waals surface area contributed by atoms with Gasteiger partial charge in [-0.05, 0) is 25.5 Å². The molecule has 0 amide bonds. The maximum Gasteiger partial charge on any atom is 0.269 e.